The Morgan fingerprint density at radius 3 is 2.67 bits per heavy atom. The van der Waals surface area contributed by atoms with Crippen molar-refractivity contribution in [2.75, 3.05) is 7.11 Å². The molecule has 1 aromatic heterocycles. The lowest BCUT2D eigenvalue weighted by Crippen LogP contribution is -1.96. The minimum atomic E-state index is -0.501. The largest absolute Gasteiger partial charge is 0.494 e. The maximum atomic E-state index is 13.7. The van der Waals surface area contributed by atoms with E-state index in [-0.39, 0.29) is 10.8 Å². The Balaban J connectivity index is 2.36. The SMILES string of the molecule is COc1cc2c(cc1F)[nH]c(=S)n2-c1ccc(F)cc1Cl. The van der Waals surface area contributed by atoms with Gasteiger partial charge in [0.1, 0.15) is 5.82 Å². The molecule has 0 amide bonds. The molecule has 0 aliphatic carbocycles. The third kappa shape index (κ3) is 2.30. The quantitative estimate of drug-likeness (QED) is 0.696. The fourth-order valence-corrected chi connectivity index (χ4v) is 2.72. The molecular weight excluding hydrogens is 318 g/mol. The highest BCUT2D eigenvalue weighted by Crippen LogP contribution is 2.29. The van der Waals surface area contributed by atoms with Crippen molar-refractivity contribution < 1.29 is 13.5 Å². The molecular formula is C14H9ClF2N2OS. The Labute approximate surface area is 128 Å². The fraction of sp³-hybridized carbons (Fsp3) is 0.0714. The van der Waals surface area contributed by atoms with Crippen LogP contribution in [-0.2, 0) is 0 Å². The van der Waals surface area contributed by atoms with E-state index in [1.165, 1.54) is 37.4 Å². The third-order valence-corrected chi connectivity index (χ3v) is 3.69. The highest BCUT2D eigenvalue weighted by molar-refractivity contribution is 7.71. The first-order chi connectivity index (χ1) is 10.0. The van der Waals surface area contributed by atoms with Crippen LogP contribution in [0.5, 0.6) is 5.75 Å². The fourth-order valence-electron chi connectivity index (χ4n) is 2.17. The number of rotatable bonds is 2. The third-order valence-electron chi connectivity index (χ3n) is 3.11. The number of methoxy groups -OCH3 is 1. The molecule has 3 rings (SSSR count). The Kier molecular flexibility index (Phi) is 3.43. The number of hydrogen-bond donors (Lipinski definition) is 1. The van der Waals surface area contributed by atoms with Gasteiger partial charge in [0.05, 0.1) is 28.9 Å². The zero-order valence-electron chi connectivity index (χ0n) is 10.8. The number of nitrogens with one attached hydrogen (secondary N) is 1. The van der Waals surface area contributed by atoms with Crippen molar-refractivity contribution >= 4 is 34.9 Å². The van der Waals surface area contributed by atoms with Gasteiger partial charge in [-0.05, 0) is 30.4 Å². The highest BCUT2D eigenvalue weighted by atomic mass is 35.5. The summed E-state index contributed by atoms with van der Waals surface area (Å²) in [6.07, 6.45) is 0. The van der Waals surface area contributed by atoms with Crippen molar-refractivity contribution in [3.8, 4) is 11.4 Å². The number of imidazole rings is 1. The molecule has 3 aromatic rings. The normalized spacial score (nSPS) is 11.0. The van der Waals surface area contributed by atoms with Crippen molar-refractivity contribution in [1.29, 1.82) is 0 Å². The molecule has 0 unspecified atom stereocenters. The monoisotopic (exact) mass is 326 g/mol. The van der Waals surface area contributed by atoms with Crippen LogP contribution in [0.15, 0.2) is 30.3 Å². The van der Waals surface area contributed by atoms with Gasteiger partial charge in [0, 0.05) is 12.1 Å². The summed E-state index contributed by atoms with van der Waals surface area (Å²) in [7, 11) is 1.38. The Morgan fingerprint density at radius 1 is 1.24 bits per heavy atom. The van der Waals surface area contributed by atoms with Crippen LogP contribution in [0, 0.1) is 16.4 Å². The summed E-state index contributed by atoms with van der Waals surface area (Å²) in [6.45, 7) is 0. The first-order valence-corrected chi connectivity index (χ1v) is 6.73. The lowest BCUT2D eigenvalue weighted by molar-refractivity contribution is 0.387. The molecule has 0 atom stereocenters. The van der Waals surface area contributed by atoms with Crippen molar-refractivity contribution in [3.05, 3.63) is 51.8 Å². The van der Waals surface area contributed by atoms with Gasteiger partial charge in [-0.1, -0.05) is 11.6 Å². The van der Waals surface area contributed by atoms with E-state index >= 15 is 0 Å². The van der Waals surface area contributed by atoms with Crippen LogP contribution >= 0.6 is 23.8 Å². The highest BCUT2D eigenvalue weighted by Gasteiger charge is 2.14. The number of hydrogen-bond acceptors (Lipinski definition) is 2. The summed E-state index contributed by atoms with van der Waals surface area (Å²) >= 11 is 11.3. The Bertz CT molecular complexity index is 904. The molecule has 0 fully saturated rings. The van der Waals surface area contributed by atoms with Gasteiger partial charge in [-0.25, -0.2) is 8.78 Å². The van der Waals surface area contributed by atoms with Crippen molar-refractivity contribution in [2.45, 2.75) is 0 Å². The van der Waals surface area contributed by atoms with E-state index < -0.39 is 11.6 Å². The van der Waals surface area contributed by atoms with Gasteiger partial charge in [-0.15, -0.1) is 0 Å². The van der Waals surface area contributed by atoms with Crippen molar-refractivity contribution in [3.63, 3.8) is 0 Å². The first kappa shape index (κ1) is 14.0. The van der Waals surface area contributed by atoms with Gasteiger partial charge in [-0.2, -0.15) is 0 Å². The molecule has 0 saturated heterocycles. The van der Waals surface area contributed by atoms with E-state index in [1.807, 2.05) is 0 Å². The molecule has 0 aliphatic rings. The number of halogens is 3. The number of aromatic nitrogens is 2. The minimum absolute atomic E-state index is 0.0866. The van der Waals surface area contributed by atoms with Gasteiger partial charge in [-0.3, -0.25) is 4.57 Å². The smallest absolute Gasteiger partial charge is 0.182 e. The number of fused-ring (bicyclic) bond motifs is 1. The molecule has 0 spiro atoms. The number of H-pyrrole nitrogens is 1. The zero-order valence-corrected chi connectivity index (χ0v) is 12.4. The molecule has 2 aromatic carbocycles. The second-order valence-electron chi connectivity index (χ2n) is 4.37. The summed E-state index contributed by atoms with van der Waals surface area (Å²) in [5, 5.41) is 0.204. The average Bonchev–Trinajstić information content (AvgIpc) is 2.73. The van der Waals surface area contributed by atoms with Crippen LogP contribution in [0.2, 0.25) is 5.02 Å². The van der Waals surface area contributed by atoms with Gasteiger partial charge in [0.2, 0.25) is 0 Å². The Hall–Kier alpha value is -1.92. The van der Waals surface area contributed by atoms with Crippen molar-refractivity contribution in [2.24, 2.45) is 0 Å². The van der Waals surface area contributed by atoms with Crippen LogP contribution in [0.1, 0.15) is 0 Å². The van der Waals surface area contributed by atoms with Crippen LogP contribution in [0.3, 0.4) is 0 Å². The van der Waals surface area contributed by atoms with Crippen LogP contribution in [-0.4, -0.2) is 16.7 Å². The molecule has 3 nitrogen and oxygen atoms in total. The number of aromatic amines is 1. The molecule has 0 saturated carbocycles. The lowest BCUT2D eigenvalue weighted by Gasteiger charge is -2.08. The molecule has 7 heteroatoms. The first-order valence-electron chi connectivity index (χ1n) is 5.95. The van der Waals surface area contributed by atoms with E-state index in [0.717, 1.165) is 0 Å². The molecule has 0 radical (unpaired) electrons. The molecule has 21 heavy (non-hydrogen) atoms. The summed E-state index contributed by atoms with van der Waals surface area (Å²) in [4.78, 5) is 2.89. The minimum Gasteiger partial charge on any atom is -0.494 e. The lowest BCUT2D eigenvalue weighted by atomic mass is 10.2. The summed E-state index contributed by atoms with van der Waals surface area (Å²) in [6, 6.07) is 6.78. The van der Waals surface area contributed by atoms with E-state index in [9.17, 15) is 8.78 Å². The summed E-state index contributed by atoms with van der Waals surface area (Å²) < 4.78 is 33.8. The Morgan fingerprint density at radius 2 is 2.00 bits per heavy atom. The average molecular weight is 327 g/mol. The maximum absolute atomic E-state index is 13.7. The number of benzene rings is 2. The van der Waals surface area contributed by atoms with Crippen LogP contribution < -0.4 is 4.74 Å². The number of ether oxygens (including phenoxy) is 1. The van der Waals surface area contributed by atoms with Gasteiger partial charge in [0.25, 0.3) is 0 Å². The predicted molar refractivity (Wildman–Crippen MR) is 79.9 cm³/mol. The van der Waals surface area contributed by atoms with Crippen LogP contribution in [0.25, 0.3) is 16.7 Å². The summed E-state index contributed by atoms with van der Waals surface area (Å²) in [5.41, 5.74) is 1.59. The van der Waals surface area contributed by atoms with E-state index in [4.69, 9.17) is 28.6 Å². The predicted octanol–water partition coefficient (Wildman–Crippen LogP) is 4.63. The van der Waals surface area contributed by atoms with Gasteiger partial charge >= 0.3 is 0 Å². The zero-order chi connectivity index (χ0) is 15.1. The molecule has 1 N–H and O–H groups in total. The van der Waals surface area contributed by atoms with Crippen molar-refractivity contribution in [1.82, 2.24) is 9.55 Å². The molecule has 1 heterocycles. The summed E-state index contributed by atoms with van der Waals surface area (Å²) in [5.74, 6) is -0.860. The second-order valence-corrected chi connectivity index (χ2v) is 5.16. The van der Waals surface area contributed by atoms with E-state index in [1.54, 1.807) is 4.57 Å². The molecule has 0 bridgehead atoms. The number of nitrogens with zero attached hydrogens (tertiary/aromatic N) is 1. The van der Waals surface area contributed by atoms with E-state index in [0.29, 0.717) is 21.5 Å². The maximum Gasteiger partial charge on any atom is 0.182 e. The standard InChI is InChI=1S/C14H9ClF2N2OS/c1-20-13-6-12-10(5-9(13)17)18-14(21)19(12)11-3-2-7(16)4-8(11)15/h2-6H,1H3,(H,18,21). The molecule has 108 valence electrons. The van der Waals surface area contributed by atoms with E-state index in [2.05, 4.69) is 4.98 Å². The van der Waals surface area contributed by atoms with Gasteiger partial charge in [0.15, 0.2) is 16.3 Å². The second kappa shape index (κ2) is 5.13. The van der Waals surface area contributed by atoms with Gasteiger partial charge < -0.3 is 9.72 Å². The molecule has 0 aliphatic heterocycles. The van der Waals surface area contributed by atoms with Crippen LogP contribution in [0.4, 0.5) is 8.78 Å². The topological polar surface area (TPSA) is 29.9 Å².